The molecule has 2 aliphatic heterocycles. The van der Waals surface area contributed by atoms with E-state index in [1.54, 1.807) is 0 Å². The summed E-state index contributed by atoms with van der Waals surface area (Å²) in [5.41, 5.74) is 9.67. The molecule has 4 aromatic rings. The van der Waals surface area contributed by atoms with Crippen LogP contribution in [0.2, 0.25) is 0 Å². The number of H-pyrrole nitrogens is 2. The van der Waals surface area contributed by atoms with Crippen molar-refractivity contribution in [2.45, 2.75) is 49.9 Å². The second-order valence-electron chi connectivity index (χ2n) is 11.6. The highest BCUT2D eigenvalue weighted by Crippen LogP contribution is 2.63. The second kappa shape index (κ2) is 13.7. The number of aromatic nitrogens is 8. The molecule has 9 N–H and O–H groups in total. The van der Waals surface area contributed by atoms with E-state index < -0.39 is 96.7 Å². The minimum Gasteiger partial charge on any atom is -0.756 e. The number of imidazole rings is 2. The number of hydrogen-bond acceptors (Lipinski definition) is 22. The smallest absolute Gasteiger partial charge is 0.313 e. The van der Waals surface area contributed by atoms with E-state index in [1.807, 2.05) is 0 Å². The predicted molar refractivity (Wildman–Crippen MR) is 160 cm³/mol. The van der Waals surface area contributed by atoms with Gasteiger partial charge >= 0.3 is 5.65 Å². The number of aryl methyl sites for hydroxylation is 1. The van der Waals surface area contributed by atoms with Gasteiger partial charge in [-0.1, -0.05) is 11.9 Å². The van der Waals surface area contributed by atoms with Crippen LogP contribution in [0.4, 0.5) is 11.9 Å². The average Bonchev–Trinajstić information content (AvgIpc) is 3.74. The van der Waals surface area contributed by atoms with Gasteiger partial charge in [-0.2, -0.15) is 4.98 Å². The van der Waals surface area contributed by atoms with E-state index >= 15 is 0 Å². The number of nitrogens with two attached hydrogens (primary N) is 2. The van der Waals surface area contributed by atoms with Gasteiger partial charge in [-0.25, -0.2) is 18.2 Å². The molecule has 6 heterocycles. The Kier molecular flexibility index (Phi) is 10.1. The first-order valence-corrected chi connectivity index (χ1v) is 19.0. The van der Waals surface area contributed by atoms with Gasteiger partial charge in [-0.05, 0) is 0 Å². The normalized spacial score (nSPS) is 30.1. The van der Waals surface area contributed by atoms with Gasteiger partial charge in [0.05, 0.1) is 32.7 Å². The van der Waals surface area contributed by atoms with Gasteiger partial charge in [0.1, 0.15) is 24.4 Å². The first-order chi connectivity index (χ1) is 24.2. The summed E-state index contributed by atoms with van der Waals surface area (Å²) in [7, 11) is -16.7. The van der Waals surface area contributed by atoms with Crippen LogP contribution in [0.3, 0.4) is 0 Å². The van der Waals surface area contributed by atoms with E-state index in [2.05, 4.69) is 42.6 Å². The van der Waals surface area contributed by atoms with Crippen molar-refractivity contribution in [1.29, 1.82) is 0 Å². The molecule has 6 rings (SSSR count). The lowest BCUT2D eigenvalue weighted by Crippen LogP contribution is -2.42. The molecule has 27 nitrogen and oxygen atoms in total. The van der Waals surface area contributed by atoms with Crippen LogP contribution in [0.15, 0.2) is 22.2 Å². The molecule has 11 atom stereocenters. The third-order valence-corrected chi connectivity index (χ3v) is 12.1. The van der Waals surface area contributed by atoms with E-state index in [0.717, 1.165) is 10.9 Å². The van der Waals surface area contributed by atoms with E-state index in [1.165, 1.54) is 29.4 Å². The van der Waals surface area contributed by atoms with Crippen molar-refractivity contribution in [3.8, 4) is 0 Å². The van der Waals surface area contributed by atoms with Gasteiger partial charge in [0.2, 0.25) is 11.5 Å². The maximum atomic E-state index is 12.4. The second-order valence-corrected chi connectivity index (χ2v) is 16.1. The number of ether oxygens (including phenoxy) is 2. The maximum Gasteiger partial charge on any atom is 0.313 e. The minimum atomic E-state index is -6.33. The van der Waals surface area contributed by atoms with Crippen molar-refractivity contribution < 1.29 is 75.4 Å². The van der Waals surface area contributed by atoms with Crippen LogP contribution in [0.25, 0.3) is 22.3 Å². The topological polar surface area (TPSA) is 407 Å². The van der Waals surface area contributed by atoms with Crippen LogP contribution in [0.1, 0.15) is 19.4 Å². The Labute approximate surface area is 288 Å². The molecule has 0 bridgehead atoms. The highest BCUT2D eigenvalue weighted by atomic mass is 31.3. The Bertz CT molecular complexity index is 2280. The van der Waals surface area contributed by atoms with Crippen molar-refractivity contribution in [3.63, 3.8) is 0 Å². The molecule has 0 saturated carbocycles. The summed E-state index contributed by atoms with van der Waals surface area (Å²) >= 11 is 0. The van der Waals surface area contributed by atoms with E-state index in [0.29, 0.717) is 0 Å². The monoisotopic (exact) mass is 798 g/mol. The fourth-order valence-corrected chi connectivity index (χ4v) is 9.05. The Morgan fingerprint density at radius 2 is 1.48 bits per heavy atom. The molecular weight excluding hydrogens is 769 g/mol. The number of phosphoric ester groups is 2. The number of rotatable bonds is 12. The number of phosphoric acid groups is 3. The van der Waals surface area contributed by atoms with Crippen LogP contribution in [0.5, 0.6) is 0 Å². The molecule has 0 spiro atoms. The third kappa shape index (κ3) is 7.48. The van der Waals surface area contributed by atoms with Crippen LogP contribution in [-0.2, 0) is 47.9 Å². The lowest BCUT2D eigenvalue weighted by Gasteiger charge is -2.34. The molecule has 52 heavy (non-hydrogen) atoms. The molecule has 0 aromatic carbocycles. The van der Waals surface area contributed by atoms with Crippen molar-refractivity contribution >= 4 is 57.7 Å². The first kappa shape index (κ1) is 38.2. The minimum absolute atomic E-state index is 0.0680. The number of aliphatic hydroxyl groups excluding tert-OH is 3. The quantitative estimate of drug-likeness (QED) is 0.0520. The lowest BCUT2D eigenvalue weighted by atomic mass is 10.0. The van der Waals surface area contributed by atoms with Crippen LogP contribution >= 0.6 is 23.5 Å². The summed E-state index contributed by atoms with van der Waals surface area (Å²) in [5.74, 6) is -1.32. The van der Waals surface area contributed by atoms with Gasteiger partial charge in [0.15, 0.2) is 29.9 Å². The summed E-state index contributed by atoms with van der Waals surface area (Å²) in [6, 6.07) is 0. The zero-order chi connectivity index (χ0) is 38.1. The van der Waals surface area contributed by atoms with Crippen LogP contribution in [-0.4, -0.2) is 93.1 Å². The van der Waals surface area contributed by atoms with Gasteiger partial charge < -0.3 is 60.0 Å². The van der Waals surface area contributed by atoms with E-state index in [-0.39, 0.29) is 34.2 Å². The lowest BCUT2D eigenvalue weighted by molar-refractivity contribution is -0.745. The number of aromatic amines is 2. The standard InChI is InChI=1S/C22H31N10O17P3/c1-7-12(33)8(46-19(7)32-6-30(2)11-16(32)27-22(24)29-18(11)37)3-44-50(38,39)48-52(42,43)49-51(40,41)45-4-9-13(34)14(35)20(47-9)31-5-25-10-15(31)26-21(23)28-17(10)36/h5-9,12-14,19-20,33-35H,3-4H2,1-2H3,(H8-,23,24,26,27,28,29,36,37,38,39,40,41,42,43)/p-2/t7-,8-,9-,12+,13-,14-,19-,20-/m1/s1. The Morgan fingerprint density at radius 1 is 0.904 bits per heavy atom. The molecule has 0 radical (unpaired) electrons. The molecule has 2 fully saturated rings. The summed E-state index contributed by atoms with van der Waals surface area (Å²) in [5, 5.41) is 31.6. The van der Waals surface area contributed by atoms with Gasteiger partial charge in [-0.15, -0.1) is 0 Å². The molecule has 2 saturated heterocycles. The Hall–Kier alpha value is -3.49. The maximum absolute atomic E-state index is 12.4. The van der Waals surface area contributed by atoms with Crippen molar-refractivity contribution in [3.05, 3.63) is 33.4 Å². The molecule has 3 unspecified atom stereocenters. The molecule has 2 aliphatic rings. The number of nitrogen functional groups attached to an aromatic ring is 2. The predicted octanol–water partition coefficient (Wildman–Crippen LogP) is -5.17. The molecule has 0 amide bonds. The summed E-state index contributed by atoms with van der Waals surface area (Å²) < 4.78 is 68.5. The van der Waals surface area contributed by atoms with Gasteiger partial charge in [-0.3, -0.25) is 42.4 Å². The van der Waals surface area contributed by atoms with E-state index in [4.69, 9.17) is 20.9 Å². The van der Waals surface area contributed by atoms with Crippen molar-refractivity contribution in [2.24, 2.45) is 13.0 Å². The summed E-state index contributed by atoms with van der Waals surface area (Å²) in [6.07, 6.45) is -8.31. The molecule has 4 aromatic heterocycles. The summed E-state index contributed by atoms with van der Waals surface area (Å²) in [4.78, 5) is 77.7. The van der Waals surface area contributed by atoms with Crippen molar-refractivity contribution in [1.82, 2.24) is 34.1 Å². The average molecular weight is 798 g/mol. The van der Waals surface area contributed by atoms with Gasteiger partial charge in [0.25, 0.3) is 40.5 Å². The molecule has 30 heteroatoms. The Balaban J connectivity index is 1.05. The number of nitrogens with one attached hydrogen (secondary N) is 2. The highest BCUT2D eigenvalue weighted by molar-refractivity contribution is 7.65. The molecule has 286 valence electrons. The van der Waals surface area contributed by atoms with Crippen LogP contribution in [0, 0.1) is 5.92 Å². The molecule has 0 aliphatic carbocycles. The van der Waals surface area contributed by atoms with E-state index in [9.17, 15) is 53.3 Å². The number of fused-ring (bicyclic) bond motifs is 2. The number of hydrogen-bond donors (Lipinski definition) is 7. The third-order valence-electron chi connectivity index (χ3n) is 8.00. The number of anilines is 2. The fourth-order valence-electron chi connectivity index (χ4n) is 5.67. The number of nitrogens with zero attached hydrogens (tertiary/aromatic N) is 6. The van der Waals surface area contributed by atoms with Crippen molar-refractivity contribution in [2.75, 3.05) is 24.7 Å². The largest absolute Gasteiger partial charge is 0.756 e. The Morgan fingerprint density at radius 3 is 2.12 bits per heavy atom. The molecular formula is C22H29N10O17P3-2. The summed E-state index contributed by atoms with van der Waals surface area (Å²) in [6.45, 7) is -0.688. The number of aliphatic hydroxyl groups is 3. The van der Waals surface area contributed by atoms with Gasteiger partial charge in [0, 0.05) is 5.92 Å². The van der Waals surface area contributed by atoms with Crippen LogP contribution < -0.4 is 41.8 Å². The first-order valence-electron chi connectivity index (χ1n) is 14.7. The SMILES string of the molecule is C[C@@H]1[C@H](O)[C@@H](COP(=O)([O-])OP(=O)([O-])OP(=O)([O-])OC[C@H]2O[C@@H](n3cnc4c(=O)[nH]c(N)nc43)[C@H](O)[C@@H]2O)O[C@H]1[n+]1cn(C)c2c(=O)[nH]c(N)nc21. The zero-order valence-corrected chi connectivity index (χ0v) is 29.1. The fraction of sp³-hybridized carbons (Fsp3) is 0.545. The highest BCUT2D eigenvalue weighted by Gasteiger charge is 2.47. The zero-order valence-electron chi connectivity index (χ0n) is 26.4.